The molecule has 0 spiro atoms. The van der Waals surface area contributed by atoms with E-state index in [1.807, 2.05) is 12.1 Å². The van der Waals surface area contributed by atoms with Gasteiger partial charge in [0.05, 0.1) is 12.2 Å². The number of nitrogens with one attached hydrogen (secondary N) is 1. The Bertz CT molecular complexity index is 593. The summed E-state index contributed by atoms with van der Waals surface area (Å²) in [5, 5.41) is 7.86. The molecule has 0 bridgehead atoms. The van der Waals surface area contributed by atoms with Crippen molar-refractivity contribution in [2.75, 3.05) is 6.61 Å². The minimum absolute atomic E-state index is 0.285. The number of benzene rings is 1. The Balaban J connectivity index is 1.92. The Morgan fingerprint density at radius 1 is 1.33 bits per heavy atom. The van der Waals surface area contributed by atoms with Crippen LogP contribution in [0.5, 0.6) is 0 Å². The summed E-state index contributed by atoms with van der Waals surface area (Å²) in [4.78, 5) is 16.0. The van der Waals surface area contributed by atoms with E-state index in [0.29, 0.717) is 18.1 Å². The molecule has 1 N–H and O–H groups in total. The standard InChI is InChI=1S/C15H19N3O2S/c1-4-20-14(19)12-7-5-11(6-8-12)9-21-15-16-13(10(2)3)17-18-15/h5-8,10H,4,9H2,1-3H3,(H,16,17,18). The number of H-pyrrole nitrogens is 1. The molecule has 0 aliphatic carbocycles. The van der Waals surface area contributed by atoms with Gasteiger partial charge < -0.3 is 4.74 Å². The number of aromatic amines is 1. The number of hydrogen-bond acceptors (Lipinski definition) is 5. The minimum atomic E-state index is -0.285. The summed E-state index contributed by atoms with van der Waals surface area (Å²) in [5.41, 5.74) is 1.69. The molecular formula is C15H19N3O2S. The highest BCUT2D eigenvalue weighted by Gasteiger charge is 2.08. The maximum absolute atomic E-state index is 11.6. The molecule has 0 radical (unpaired) electrons. The monoisotopic (exact) mass is 305 g/mol. The summed E-state index contributed by atoms with van der Waals surface area (Å²) in [6, 6.07) is 7.42. The normalized spacial score (nSPS) is 10.9. The molecule has 0 saturated carbocycles. The number of carbonyl (C=O) groups is 1. The van der Waals surface area contributed by atoms with E-state index in [0.717, 1.165) is 22.3 Å². The number of esters is 1. The molecule has 0 fully saturated rings. The van der Waals surface area contributed by atoms with E-state index in [1.54, 1.807) is 30.8 Å². The lowest BCUT2D eigenvalue weighted by atomic mass is 10.1. The second-order valence-corrected chi connectivity index (χ2v) is 5.81. The van der Waals surface area contributed by atoms with Crippen molar-refractivity contribution in [3.63, 3.8) is 0 Å². The molecule has 2 aromatic rings. The van der Waals surface area contributed by atoms with Crippen molar-refractivity contribution in [3.05, 3.63) is 41.2 Å². The summed E-state index contributed by atoms with van der Waals surface area (Å²) < 4.78 is 4.95. The van der Waals surface area contributed by atoms with Gasteiger partial charge in [-0.1, -0.05) is 37.7 Å². The quantitative estimate of drug-likeness (QED) is 0.654. The summed E-state index contributed by atoms with van der Waals surface area (Å²) in [6.07, 6.45) is 0. The summed E-state index contributed by atoms with van der Waals surface area (Å²) in [7, 11) is 0. The van der Waals surface area contributed by atoms with Crippen LogP contribution in [-0.2, 0) is 10.5 Å². The molecular weight excluding hydrogens is 286 g/mol. The first kappa shape index (κ1) is 15.6. The lowest BCUT2D eigenvalue weighted by Crippen LogP contribution is -2.04. The fraction of sp³-hybridized carbons (Fsp3) is 0.400. The van der Waals surface area contributed by atoms with Gasteiger partial charge in [-0.15, -0.1) is 5.10 Å². The predicted octanol–water partition coefficient (Wildman–Crippen LogP) is 3.40. The van der Waals surface area contributed by atoms with Crippen LogP contribution < -0.4 is 0 Å². The number of rotatable bonds is 6. The van der Waals surface area contributed by atoms with Crippen LogP contribution in [0.1, 0.15) is 48.4 Å². The van der Waals surface area contributed by atoms with Crippen LogP contribution in [-0.4, -0.2) is 27.8 Å². The topological polar surface area (TPSA) is 67.9 Å². The van der Waals surface area contributed by atoms with Crippen LogP contribution in [0.4, 0.5) is 0 Å². The number of hydrogen-bond donors (Lipinski definition) is 1. The Hall–Kier alpha value is -1.82. The second kappa shape index (κ2) is 7.26. The van der Waals surface area contributed by atoms with E-state index < -0.39 is 0 Å². The molecule has 1 aromatic carbocycles. The van der Waals surface area contributed by atoms with E-state index in [9.17, 15) is 4.79 Å². The highest BCUT2D eigenvalue weighted by molar-refractivity contribution is 7.98. The zero-order chi connectivity index (χ0) is 15.2. The zero-order valence-electron chi connectivity index (χ0n) is 12.4. The van der Waals surface area contributed by atoms with E-state index in [2.05, 4.69) is 29.0 Å². The molecule has 6 heteroatoms. The Kier molecular flexibility index (Phi) is 5.38. The second-order valence-electron chi connectivity index (χ2n) is 4.86. The number of thioether (sulfide) groups is 1. The molecule has 0 atom stereocenters. The molecule has 0 amide bonds. The predicted molar refractivity (Wildman–Crippen MR) is 82.4 cm³/mol. The third kappa shape index (κ3) is 4.32. The van der Waals surface area contributed by atoms with Gasteiger partial charge in [0.1, 0.15) is 5.82 Å². The van der Waals surface area contributed by atoms with Crippen LogP contribution in [0.15, 0.2) is 29.4 Å². The van der Waals surface area contributed by atoms with Crippen LogP contribution in [0.2, 0.25) is 0 Å². The molecule has 0 aliphatic heterocycles. The van der Waals surface area contributed by atoms with Gasteiger partial charge in [0, 0.05) is 11.7 Å². The van der Waals surface area contributed by atoms with Crippen molar-refractivity contribution in [1.29, 1.82) is 0 Å². The maximum Gasteiger partial charge on any atom is 0.338 e. The fourth-order valence-electron chi connectivity index (χ4n) is 1.68. The van der Waals surface area contributed by atoms with E-state index in [4.69, 9.17) is 4.74 Å². The van der Waals surface area contributed by atoms with E-state index in [-0.39, 0.29) is 5.97 Å². The summed E-state index contributed by atoms with van der Waals surface area (Å²) in [6.45, 7) is 6.33. The van der Waals surface area contributed by atoms with Crippen LogP contribution >= 0.6 is 11.8 Å². The Morgan fingerprint density at radius 3 is 2.62 bits per heavy atom. The number of ether oxygens (including phenoxy) is 1. The van der Waals surface area contributed by atoms with Crippen LogP contribution in [0.3, 0.4) is 0 Å². The van der Waals surface area contributed by atoms with Crippen molar-refractivity contribution in [3.8, 4) is 0 Å². The molecule has 5 nitrogen and oxygen atoms in total. The lowest BCUT2D eigenvalue weighted by Gasteiger charge is -2.03. The van der Waals surface area contributed by atoms with Gasteiger partial charge >= 0.3 is 5.97 Å². The molecule has 2 rings (SSSR count). The third-order valence-corrected chi connectivity index (χ3v) is 3.78. The van der Waals surface area contributed by atoms with Gasteiger partial charge in [0.15, 0.2) is 0 Å². The molecule has 21 heavy (non-hydrogen) atoms. The van der Waals surface area contributed by atoms with Gasteiger partial charge in [0.2, 0.25) is 5.16 Å². The summed E-state index contributed by atoms with van der Waals surface area (Å²) in [5.74, 6) is 1.72. The largest absolute Gasteiger partial charge is 0.462 e. The number of carbonyl (C=O) groups excluding carboxylic acids is 1. The average Bonchev–Trinajstić information content (AvgIpc) is 2.95. The molecule has 0 saturated heterocycles. The Labute approximate surface area is 128 Å². The van der Waals surface area contributed by atoms with Crippen molar-refractivity contribution in [2.45, 2.75) is 37.6 Å². The highest BCUT2D eigenvalue weighted by atomic mass is 32.2. The SMILES string of the molecule is CCOC(=O)c1ccc(CSc2n[nH]c(C(C)C)n2)cc1. The first-order chi connectivity index (χ1) is 10.1. The summed E-state index contributed by atoms with van der Waals surface area (Å²) >= 11 is 1.57. The van der Waals surface area contributed by atoms with E-state index >= 15 is 0 Å². The molecule has 112 valence electrons. The van der Waals surface area contributed by atoms with Crippen molar-refractivity contribution >= 4 is 17.7 Å². The molecule has 0 aliphatic rings. The number of aromatic nitrogens is 3. The van der Waals surface area contributed by atoms with Crippen LogP contribution in [0.25, 0.3) is 0 Å². The maximum atomic E-state index is 11.6. The number of nitrogens with zero attached hydrogens (tertiary/aromatic N) is 2. The first-order valence-corrected chi connectivity index (χ1v) is 7.90. The zero-order valence-corrected chi connectivity index (χ0v) is 13.2. The van der Waals surface area contributed by atoms with Crippen molar-refractivity contribution in [2.24, 2.45) is 0 Å². The minimum Gasteiger partial charge on any atom is -0.462 e. The average molecular weight is 305 g/mol. The van der Waals surface area contributed by atoms with Gasteiger partial charge in [-0.3, -0.25) is 5.10 Å². The smallest absolute Gasteiger partial charge is 0.338 e. The van der Waals surface area contributed by atoms with Gasteiger partial charge in [-0.25, -0.2) is 9.78 Å². The molecule has 0 unspecified atom stereocenters. The van der Waals surface area contributed by atoms with Gasteiger partial charge in [-0.05, 0) is 24.6 Å². The molecule has 1 heterocycles. The third-order valence-electron chi connectivity index (χ3n) is 2.86. The highest BCUT2D eigenvalue weighted by Crippen LogP contribution is 2.21. The van der Waals surface area contributed by atoms with Crippen molar-refractivity contribution in [1.82, 2.24) is 15.2 Å². The molecule has 1 aromatic heterocycles. The fourth-order valence-corrected chi connectivity index (χ4v) is 2.44. The Morgan fingerprint density at radius 2 is 2.05 bits per heavy atom. The van der Waals surface area contributed by atoms with Gasteiger partial charge in [-0.2, -0.15) is 0 Å². The van der Waals surface area contributed by atoms with Gasteiger partial charge in [0.25, 0.3) is 0 Å². The van der Waals surface area contributed by atoms with Crippen molar-refractivity contribution < 1.29 is 9.53 Å². The van der Waals surface area contributed by atoms with Crippen LogP contribution in [0, 0.1) is 0 Å². The first-order valence-electron chi connectivity index (χ1n) is 6.91. The van der Waals surface area contributed by atoms with E-state index in [1.165, 1.54) is 0 Å². The lowest BCUT2D eigenvalue weighted by molar-refractivity contribution is 0.0526.